The summed E-state index contributed by atoms with van der Waals surface area (Å²) in [6, 6.07) is 0.0612. The van der Waals surface area contributed by atoms with E-state index in [-0.39, 0.29) is 6.03 Å². The first-order chi connectivity index (χ1) is 7.34. The topological polar surface area (TPSA) is 53.6 Å². The van der Waals surface area contributed by atoms with E-state index in [0.717, 1.165) is 52.4 Å². The number of hydrogen-bond donors (Lipinski definition) is 2. The number of urea groups is 1. The lowest BCUT2D eigenvalue weighted by Crippen LogP contribution is -2.35. The molecule has 0 spiro atoms. The van der Waals surface area contributed by atoms with Gasteiger partial charge in [-0.3, -0.25) is 0 Å². The van der Waals surface area contributed by atoms with Gasteiger partial charge < -0.3 is 20.3 Å². The van der Waals surface area contributed by atoms with Crippen molar-refractivity contribution in [1.29, 1.82) is 0 Å². The zero-order chi connectivity index (χ0) is 10.9. The molecule has 2 amide bonds. The Bertz CT molecular complexity index is 188. The van der Waals surface area contributed by atoms with Gasteiger partial charge in [-0.1, -0.05) is 0 Å². The highest BCUT2D eigenvalue weighted by molar-refractivity contribution is 5.76. The monoisotopic (exact) mass is 215 g/mol. The van der Waals surface area contributed by atoms with Crippen molar-refractivity contribution in [3.05, 3.63) is 0 Å². The molecule has 0 bridgehead atoms. The molecule has 1 saturated heterocycles. The molecular weight excluding hydrogens is 194 g/mol. The third kappa shape index (κ3) is 4.99. The van der Waals surface area contributed by atoms with E-state index < -0.39 is 0 Å². The minimum atomic E-state index is 0.0612. The number of ether oxygens (including phenoxy) is 1. The predicted molar refractivity (Wildman–Crippen MR) is 59.0 cm³/mol. The van der Waals surface area contributed by atoms with Gasteiger partial charge in [0.2, 0.25) is 0 Å². The molecule has 0 aromatic carbocycles. The minimum absolute atomic E-state index is 0.0612. The Morgan fingerprint density at radius 1 is 1.53 bits per heavy atom. The summed E-state index contributed by atoms with van der Waals surface area (Å²) >= 11 is 0. The second-order valence-electron chi connectivity index (χ2n) is 3.52. The molecule has 88 valence electrons. The number of hydrogen-bond acceptors (Lipinski definition) is 3. The van der Waals surface area contributed by atoms with Crippen LogP contribution in [0.25, 0.3) is 0 Å². The van der Waals surface area contributed by atoms with Crippen molar-refractivity contribution in [3.63, 3.8) is 0 Å². The largest absolute Gasteiger partial charge is 0.382 e. The lowest BCUT2D eigenvalue weighted by Gasteiger charge is -2.14. The molecular formula is C10H21N3O2. The maximum atomic E-state index is 11.1. The Hall–Kier alpha value is -0.810. The van der Waals surface area contributed by atoms with Gasteiger partial charge in [0.1, 0.15) is 0 Å². The highest BCUT2D eigenvalue weighted by Gasteiger charge is 2.17. The Morgan fingerprint density at radius 2 is 2.40 bits per heavy atom. The second kappa shape index (κ2) is 7.48. The molecule has 5 nitrogen and oxygen atoms in total. The highest BCUT2D eigenvalue weighted by atomic mass is 16.5. The van der Waals surface area contributed by atoms with Crippen molar-refractivity contribution in [2.24, 2.45) is 0 Å². The van der Waals surface area contributed by atoms with Crippen LogP contribution in [0.4, 0.5) is 4.79 Å². The van der Waals surface area contributed by atoms with Gasteiger partial charge in [0.15, 0.2) is 0 Å². The maximum Gasteiger partial charge on any atom is 0.317 e. The summed E-state index contributed by atoms with van der Waals surface area (Å²) in [6.07, 6.45) is 1.03. The average molecular weight is 215 g/mol. The molecule has 1 rings (SSSR count). The van der Waals surface area contributed by atoms with E-state index in [9.17, 15) is 4.79 Å². The second-order valence-corrected chi connectivity index (χ2v) is 3.52. The van der Waals surface area contributed by atoms with E-state index >= 15 is 0 Å². The van der Waals surface area contributed by atoms with Crippen molar-refractivity contribution in [2.45, 2.75) is 13.3 Å². The van der Waals surface area contributed by atoms with Crippen LogP contribution in [-0.2, 0) is 4.74 Å². The van der Waals surface area contributed by atoms with E-state index in [1.54, 1.807) is 0 Å². The lowest BCUT2D eigenvalue weighted by atomic mass is 10.4. The minimum Gasteiger partial charge on any atom is -0.382 e. The van der Waals surface area contributed by atoms with Crippen molar-refractivity contribution >= 4 is 6.03 Å². The molecule has 0 saturated carbocycles. The number of nitrogens with one attached hydrogen (secondary N) is 2. The SMILES string of the molecule is CCOCCCNCCN1CCNC1=O. The predicted octanol–water partition coefficient (Wildman–Crippen LogP) is 0.0278. The molecule has 1 aliphatic rings. The normalized spacial score (nSPS) is 15.8. The average Bonchev–Trinajstić information content (AvgIpc) is 2.63. The number of rotatable bonds is 8. The summed E-state index contributed by atoms with van der Waals surface area (Å²) in [7, 11) is 0. The third-order valence-electron chi connectivity index (χ3n) is 2.35. The molecule has 0 aromatic heterocycles. The van der Waals surface area contributed by atoms with Gasteiger partial charge in [0.05, 0.1) is 0 Å². The lowest BCUT2D eigenvalue weighted by molar-refractivity contribution is 0.144. The molecule has 15 heavy (non-hydrogen) atoms. The van der Waals surface area contributed by atoms with Crippen LogP contribution in [0.1, 0.15) is 13.3 Å². The summed E-state index contributed by atoms with van der Waals surface area (Å²) < 4.78 is 5.22. The smallest absolute Gasteiger partial charge is 0.317 e. The zero-order valence-corrected chi connectivity index (χ0v) is 9.42. The number of carbonyl (C=O) groups is 1. The Balaban J connectivity index is 1.86. The number of nitrogens with zero attached hydrogens (tertiary/aromatic N) is 1. The first kappa shape index (κ1) is 12.3. The fourth-order valence-electron chi connectivity index (χ4n) is 1.51. The van der Waals surface area contributed by atoms with Crippen LogP contribution in [0, 0.1) is 0 Å². The van der Waals surface area contributed by atoms with E-state index in [4.69, 9.17) is 4.74 Å². The first-order valence-electron chi connectivity index (χ1n) is 5.66. The van der Waals surface area contributed by atoms with Gasteiger partial charge in [-0.2, -0.15) is 0 Å². The van der Waals surface area contributed by atoms with E-state index in [0.29, 0.717) is 0 Å². The maximum absolute atomic E-state index is 11.1. The van der Waals surface area contributed by atoms with Crippen LogP contribution >= 0.6 is 0 Å². The summed E-state index contributed by atoms with van der Waals surface area (Å²) in [5, 5.41) is 6.07. The quantitative estimate of drug-likeness (QED) is 0.562. The standard InChI is InChI=1S/C10H21N3O2/c1-2-15-9-3-4-11-5-7-13-8-6-12-10(13)14/h11H,2-9H2,1H3,(H,12,14). The number of carbonyl (C=O) groups excluding carboxylic acids is 1. The van der Waals surface area contributed by atoms with Crippen LogP contribution in [0.3, 0.4) is 0 Å². The van der Waals surface area contributed by atoms with Gasteiger partial charge in [0, 0.05) is 39.4 Å². The molecule has 0 aromatic rings. The molecule has 1 aliphatic heterocycles. The molecule has 1 fully saturated rings. The van der Waals surface area contributed by atoms with Gasteiger partial charge in [0.25, 0.3) is 0 Å². The highest BCUT2D eigenvalue weighted by Crippen LogP contribution is 1.94. The van der Waals surface area contributed by atoms with Crippen LogP contribution in [0.15, 0.2) is 0 Å². The first-order valence-corrected chi connectivity index (χ1v) is 5.66. The summed E-state index contributed by atoms with van der Waals surface area (Å²) in [5.41, 5.74) is 0. The molecule has 0 atom stereocenters. The Kier molecular flexibility index (Phi) is 6.11. The van der Waals surface area contributed by atoms with Gasteiger partial charge in [-0.15, -0.1) is 0 Å². The summed E-state index contributed by atoms with van der Waals surface area (Å²) in [6.45, 7) is 7.82. The van der Waals surface area contributed by atoms with Crippen LogP contribution in [-0.4, -0.2) is 56.9 Å². The fourth-order valence-corrected chi connectivity index (χ4v) is 1.51. The van der Waals surface area contributed by atoms with Crippen molar-refractivity contribution in [1.82, 2.24) is 15.5 Å². The van der Waals surface area contributed by atoms with Crippen molar-refractivity contribution in [2.75, 3.05) is 45.9 Å². The number of amides is 2. The van der Waals surface area contributed by atoms with Gasteiger partial charge >= 0.3 is 6.03 Å². The molecule has 0 unspecified atom stereocenters. The zero-order valence-electron chi connectivity index (χ0n) is 9.42. The van der Waals surface area contributed by atoms with Crippen LogP contribution < -0.4 is 10.6 Å². The molecule has 0 radical (unpaired) electrons. The Morgan fingerprint density at radius 3 is 3.07 bits per heavy atom. The van der Waals surface area contributed by atoms with E-state index in [2.05, 4.69) is 10.6 Å². The summed E-state index contributed by atoms with van der Waals surface area (Å²) in [4.78, 5) is 13.0. The fraction of sp³-hybridized carbons (Fsp3) is 0.900. The Labute approximate surface area is 91.2 Å². The van der Waals surface area contributed by atoms with E-state index in [1.807, 2.05) is 11.8 Å². The third-order valence-corrected chi connectivity index (χ3v) is 2.35. The van der Waals surface area contributed by atoms with Gasteiger partial charge in [-0.25, -0.2) is 4.79 Å². The molecule has 5 heteroatoms. The van der Waals surface area contributed by atoms with Crippen LogP contribution in [0.2, 0.25) is 0 Å². The van der Waals surface area contributed by atoms with E-state index in [1.165, 1.54) is 0 Å². The molecule has 1 heterocycles. The summed E-state index contributed by atoms with van der Waals surface area (Å²) in [5.74, 6) is 0. The molecule has 0 aliphatic carbocycles. The van der Waals surface area contributed by atoms with Gasteiger partial charge in [-0.05, 0) is 19.9 Å². The van der Waals surface area contributed by atoms with Crippen LogP contribution in [0.5, 0.6) is 0 Å². The van der Waals surface area contributed by atoms with Crippen molar-refractivity contribution in [3.8, 4) is 0 Å². The molecule has 2 N–H and O–H groups in total. The van der Waals surface area contributed by atoms with Crippen molar-refractivity contribution < 1.29 is 9.53 Å².